The number of hydrogen-bond acceptors (Lipinski definition) is 4. The molecule has 1 heterocycles. The number of carbonyl (C=O) groups excluding carboxylic acids is 1. The molecule has 1 aromatic heterocycles. The van der Waals surface area contributed by atoms with E-state index in [1.165, 1.54) is 23.7 Å². The van der Waals surface area contributed by atoms with Crippen molar-refractivity contribution in [2.24, 2.45) is 0 Å². The van der Waals surface area contributed by atoms with E-state index in [1.54, 1.807) is 0 Å². The second-order valence-electron chi connectivity index (χ2n) is 4.56. The normalized spacial score (nSPS) is 12.1. The minimum Gasteiger partial charge on any atom is -0.325 e. The van der Waals surface area contributed by atoms with Gasteiger partial charge in [-0.2, -0.15) is 5.10 Å². The number of aromatic amines is 1. The molecule has 0 saturated heterocycles. The van der Waals surface area contributed by atoms with Gasteiger partial charge in [0.05, 0.1) is 5.75 Å². The summed E-state index contributed by atoms with van der Waals surface area (Å²) in [6.45, 7) is 4.36. The number of anilines is 1. The van der Waals surface area contributed by atoms with Crippen LogP contribution < -0.4 is 5.32 Å². The predicted molar refractivity (Wildman–Crippen MR) is 80.9 cm³/mol. The molecule has 0 aliphatic carbocycles. The lowest BCUT2D eigenvalue weighted by Gasteiger charge is -2.10. The van der Waals surface area contributed by atoms with E-state index < -0.39 is 0 Å². The highest BCUT2D eigenvalue weighted by Crippen LogP contribution is 2.20. The maximum Gasteiger partial charge on any atom is 0.234 e. The van der Waals surface area contributed by atoms with Crippen molar-refractivity contribution >= 4 is 23.4 Å². The van der Waals surface area contributed by atoms with Crippen molar-refractivity contribution in [3.05, 3.63) is 36.2 Å². The van der Waals surface area contributed by atoms with Gasteiger partial charge < -0.3 is 5.32 Å². The highest BCUT2D eigenvalue weighted by molar-refractivity contribution is 7.99. The number of hydrogen-bond donors (Lipinski definition) is 2. The molecule has 0 aliphatic rings. The molecule has 0 fully saturated rings. The molecule has 2 N–H and O–H groups in total. The number of H-pyrrole nitrogens is 1. The number of benzene rings is 1. The average Bonchev–Trinajstić information content (AvgIpc) is 2.98. The summed E-state index contributed by atoms with van der Waals surface area (Å²) in [5.41, 5.74) is 2.11. The second-order valence-corrected chi connectivity index (χ2v) is 5.52. The van der Waals surface area contributed by atoms with Gasteiger partial charge in [-0.15, -0.1) is 0 Å². The molecule has 2 aromatic rings. The molecule has 0 saturated carbocycles. The van der Waals surface area contributed by atoms with E-state index in [4.69, 9.17) is 0 Å². The third kappa shape index (κ3) is 4.09. The lowest BCUT2D eigenvalue weighted by atomic mass is 9.99. The summed E-state index contributed by atoms with van der Waals surface area (Å²) in [4.78, 5) is 15.7. The molecule has 5 nitrogen and oxygen atoms in total. The van der Waals surface area contributed by atoms with E-state index in [-0.39, 0.29) is 5.91 Å². The average molecular weight is 290 g/mol. The van der Waals surface area contributed by atoms with Crippen LogP contribution in [0.3, 0.4) is 0 Å². The van der Waals surface area contributed by atoms with Gasteiger partial charge in [0.15, 0.2) is 5.16 Å². The van der Waals surface area contributed by atoms with Crippen LogP contribution in [0.5, 0.6) is 0 Å². The summed E-state index contributed by atoms with van der Waals surface area (Å²) in [5, 5.41) is 9.95. The van der Waals surface area contributed by atoms with Gasteiger partial charge in [-0.05, 0) is 30.0 Å². The quantitative estimate of drug-likeness (QED) is 0.802. The molecule has 0 unspecified atom stereocenters. The predicted octanol–water partition coefficient (Wildman–Crippen LogP) is 3.05. The van der Waals surface area contributed by atoms with Gasteiger partial charge in [-0.1, -0.05) is 37.7 Å². The minimum atomic E-state index is -0.0531. The van der Waals surface area contributed by atoms with Crippen LogP contribution in [0.2, 0.25) is 0 Å². The fourth-order valence-corrected chi connectivity index (χ4v) is 2.30. The molecular formula is C14H18N4OS. The fourth-order valence-electron chi connectivity index (χ4n) is 1.73. The Morgan fingerprint density at radius 1 is 1.40 bits per heavy atom. The van der Waals surface area contributed by atoms with Crippen LogP contribution in [0, 0.1) is 0 Å². The Hall–Kier alpha value is -1.82. The Balaban J connectivity index is 1.84. The van der Waals surface area contributed by atoms with Crippen LogP contribution in [0.4, 0.5) is 5.69 Å². The van der Waals surface area contributed by atoms with Crippen LogP contribution in [-0.4, -0.2) is 26.8 Å². The first-order valence-electron chi connectivity index (χ1n) is 6.57. The number of nitrogens with one attached hydrogen (secondary N) is 2. The highest BCUT2D eigenvalue weighted by Gasteiger charge is 2.06. The third-order valence-electron chi connectivity index (χ3n) is 3.11. The molecule has 0 bridgehead atoms. The lowest BCUT2D eigenvalue weighted by Crippen LogP contribution is -2.14. The third-order valence-corrected chi connectivity index (χ3v) is 3.99. The summed E-state index contributed by atoms with van der Waals surface area (Å²) in [5.74, 6) is 0.798. The van der Waals surface area contributed by atoms with Crippen molar-refractivity contribution < 1.29 is 4.79 Å². The van der Waals surface area contributed by atoms with Crippen LogP contribution in [0.1, 0.15) is 31.7 Å². The maximum absolute atomic E-state index is 11.8. The zero-order valence-corrected chi connectivity index (χ0v) is 12.4. The number of thioether (sulfide) groups is 1. The number of aromatic nitrogens is 3. The van der Waals surface area contributed by atoms with E-state index in [9.17, 15) is 4.79 Å². The van der Waals surface area contributed by atoms with Gasteiger partial charge >= 0.3 is 0 Å². The maximum atomic E-state index is 11.8. The molecule has 1 amide bonds. The monoisotopic (exact) mass is 290 g/mol. The topological polar surface area (TPSA) is 70.7 Å². The molecule has 1 aromatic carbocycles. The second kappa shape index (κ2) is 7.09. The number of rotatable bonds is 6. The highest BCUT2D eigenvalue weighted by atomic mass is 32.2. The molecule has 0 aliphatic heterocycles. The van der Waals surface area contributed by atoms with Crippen molar-refractivity contribution in [2.45, 2.75) is 31.3 Å². The first kappa shape index (κ1) is 14.6. The molecule has 20 heavy (non-hydrogen) atoms. The Kier molecular flexibility index (Phi) is 5.17. The summed E-state index contributed by atoms with van der Waals surface area (Å²) >= 11 is 1.32. The minimum absolute atomic E-state index is 0.0531. The van der Waals surface area contributed by atoms with Crippen molar-refractivity contribution in [3.8, 4) is 0 Å². The van der Waals surface area contributed by atoms with Gasteiger partial charge in [-0.25, -0.2) is 4.98 Å². The SMILES string of the molecule is CC[C@H](C)c1ccc(NC(=O)CSc2ncn[nH]2)cc1. The van der Waals surface area contributed by atoms with Crippen LogP contribution in [-0.2, 0) is 4.79 Å². The van der Waals surface area contributed by atoms with E-state index in [0.29, 0.717) is 16.8 Å². The van der Waals surface area contributed by atoms with Crippen LogP contribution in [0.15, 0.2) is 35.7 Å². The van der Waals surface area contributed by atoms with Crippen LogP contribution in [0.25, 0.3) is 0 Å². The zero-order chi connectivity index (χ0) is 14.4. The van der Waals surface area contributed by atoms with Crippen molar-refractivity contribution in [3.63, 3.8) is 0 Å². The first-order chi connectivity index (χ1) is 9.69. The van der Waals surface area contributed by atoms with Gasteiger partial charge in [0.25, 0.3) is 0 Å². The lowest BCUT2D eigenvalue weighted by molar-refractivity contribution is -0.113. The number of nitrogens with zero attached hydrogens (tertiary/aromatic N) is 2. The molecule has 0 radical (unpaired) electrons. The van der Waals surface area contributed by atoms with Gasteiger partial charge in [0, 0.05) is 5.69 Å². The molecule has 1 atom stereocenters. The summed E-state index contributed by atoms with van der Waals surface area (Å²) in [6.07, 6.45) is 2.54. The molecule has 6 heteroatoms. The summed E-state index contributed by atoms with van der Waals surface area (Å²) in [6, 6.07) is 8.01. The molecule has 0 spiro atoms. The summed E-state index contributed by atoms with van der Waals surface area (Å²) < 4.78 is 0. The van der Waals surface area contributed by atoms with E-state index in [0.717, 1.165) is 12.1 Å². The Labute approximate surface area is 122 Å². The van der Waals surface area contributed by atoms with Gasteiger partial charge in [-0.3, -0.25) is 9.89 Å². The molecular weight excluding hydrogens is 272 g/mol. The van der Waals surface area contributed by atoms with E-state index in [2.05, 4.69) is 46.5 Å². The van der Waals surface area contributed by atoms with Crippen molar-refractivity contribution in [1.82, 2.24) is 15.2 Å². The number of amides is 1. The largest absolute Gasteiger partial charge is 0.325 e. The Morgan fingerprint density at radius 2 is 2.15 bits per heavy atom. The van der Waals surface area contributed by atoms with Gasteiger partial charge in [0.2, 0.25) is 5.91 Å². The Morgan fingerprint density at radius 3 is 2.75 bits per heavy atom. The standard InChI is InChI=1S/C14H18N4OS/c1-3-10(2)11-4-6-12(7-5-11)17-13(19)8-20-14-15-9-16-18-14/h4-7,9-10H,3,8H2,1-2H3,(H,17,19)(H,15,16,18)/t10-/m0/s1. The van der Waals surface area contributed by atoms with Gasteiger partial charge in [0.1, 0.15) is 6.33 Å². The number of carbonyl (C=O) groups is 1. The van der Waals surface area contributed by atoms with E-state index in [1.807, 2.05) is 12.1 Å². The molecule has 106 valence electrons. The zero-order valence-electron chi connectivity index (χ0n) is 11.6. The van der Waals surface area contributed by atoms with Crippen molar-refractivity contribution in [2.75, 3.05) is 11.1 Å². The van der Waals surface area contributed by atoms with Crippen molar-refractivity contribution in [1.29, 1.82) is 0 Å². The van der Waals surface area contributed by atoms with E-state index >= 15 is 0 Å². The Bertz CT molecular complexity index is 539. The molecule has 2 rings (SSSR count). The fraction of sp³-hybridized carbons (Fsp3) is 0.357. The van der Waals surface area contributed by atoms with Crippen LogP contribution >= 0.6 is 11.8 Å². The first-order valence-corrected chi connectivity index (χ1v) is 7.55. The summed E-state index contributed by atoms with van der Waals surface area (Å²) in [7, 11) is 0. The smallest absolute Gasteiger partial charge is 0.234 e.